The monoisotopic (exact) mass is 274 g/mol. The van der Waals surface area contributed by atoms with Crippen LogP contribution in [-0.2, 0) is 0 Å². The molecule has 2 heteroatoms. The second-order valence-corrected chi connectivity index (χ2v) is 4.56. The zero-order valence-electron chi connectivity index (χ0n) is 8.91. The molecule has 0 unspecified atom stereocenters. The number of aldehydes is 1. The van der Waals surface area contributed by atoms with E-state index >= 15 is 0 Å². The number of carbonyl (C=O) groups excluding carboxylic acids is 1. The molecule has 0 atom stereocenters. The largest absolute Gasteiger partial charge is 0.298 e. The molecule has 0 heterocycles. The summed E-state index contributed by atoms with van der Waals surface area (Å²) >= 11 is 3.48. The van der Waals surface area contributed by atoms with Gasteiger partial charge in [0.25, 0.3) is 0 Å². The summed E-state index contributed by atoms with van der Waals surface area (Å²) in [5.41, 5.74) is 4.20. The van der Waals surface area contributed by atoms with Crippen LogP contribution in [0.4, 0.5) is 0 Å². The van der Waals surface area contributed by atoms with Crippen LogP contribution in [0.5, 0.6) is 0 Å². The van der Waals surface area contributed by atoms with Crippen LogP contribution in [0.1, 0.15) is 15.9 Å². The quantitative estimate of drug-likeness (QED) is 0.749. The van der Waals surface area contributed by atoms with Crippen molar-refractivity contribution in [2.75, 3.05) is 0 Å². The Morgan fingerprint density at radius 2 is 1.62 bits per heavy atom. The van der Waals surface area contributed by atoms with Gasteiger partial charge < -0.3 is 0 Å². The lowest BCUT2D eigenvalue weighted by atomic mass is 10.0. The standard InChI is InChI=1S/C14H11BrO/c1-10-8-13(6-7-14(10)15)12-4-2-11(9-16)3-5-12/h2-9H,1H3. The van der Waals surface area contributed by atoms with Crippen LogP contribution >= 0.6 is 15.9 Å². The average molecular weight is 275 g/mol. The van der Waals surface area contributed by atoms with Gasteiger partial charge in [-0.2, -0.15) is 0 Å². The third-order valence-corrected chi connectivity index (χ3v) is 3.43. The van der Waals surface area contributed by atoms with Gasteiger partial charge in [0, 0.05) is 10.0 Å². The molecule has 2 aromatic carbocycles. The molecular formula is C14H11BrO. The van der Waals surface area contributed by atoms with Crippen molar-refractivity contribution in [2.24, 2.45) is 0 Å². The molecule has 0 aliphatic carbocycles. The summed E-state index contributed by atoms with van der Waals surface area (Å²) in [6.45, 7) is 2.06. The van der Waals surface area contributed by atoms with E-state index in [0.717, 1.165) is 21.9 Å². The van der Waals surface area contributed by atoms with E-state index in [4.69, 9.17) is 0 Å². The summed E-state index contributed by atoms with van der Waals surface area (Å²) in [4.78, 5) is 10.5. The maximum Gasteiger partial charge on any atom is 0.150 e. The molecule has 0 saturated carbocycles. The molecule has 80 valence electrons. The Kier molecular flexibility index (Phi) is 3.20. The second-order valence-electron chi connectivity index (χ2n) is 3.70. The Bertz CT molecular complexity index is 515. The smallest absolute Gasteiger partial charge is 0.150 e. The average Bonchev–Trinajstić information content (AvgIpc) is 2.33. The molecule has 0 aliphatic heterocycles. The van der Waals surface area contributed by atoms with E-state index < -0.39 is 0 Å². The summed E-state index contributed by atoms with van der Waals surface area (Å²) in [6.07, 6.45) is 0.858. The van der Waals surface area contributed by atoms with Crippen LogP contribution < -0.4 is 0 Å². The molecule has 0 amide bonds. The predicted octanol–water partition coefficient (Wildman–Crippen LogP) is 4.24. The molecule has 2 rings (SSSR count). The van der Waals surface area contributed by atoms with Gasteiger partial charge in [0.15, 0.2) is 0 Å². The lowest BCUT2D eigenvalue weighted by Gasteiger charge is -2.04. The van der Waals surface area contributed by atoms with Gasteiger partial charge in [-0.15, -0.1) is 0 Å². The van der Waals surface area contributed by atoms with Crippen molar-refractivity contribution in [3.05, 3.63) is 58.1 Å². The first-order valence-corrected chi connectivity index (χ1v) is 5.82. The van der Waals surface area contributed by atoms with Crippen molar-refractivity contribution in [3.63, 3.8) is 0 Å². The number of rotatable bonds is 2. The van der Waals surface area contributed by atoms with Gasteiger partial charge in [-0.3, -0.25) is 4.79 Å². The number of halogens is 1. The van der Waals surface area contributed by atoms with Crippen molar-refractivity contribution >= 4 is 22.2 Å². The summed E-state index contributed by atoms with van der Waals surface area (Å²) < 4.78 is 1.11. The molecule has 0 spiro atoms. The van der Waals surface area contributed by atoms with E-state index in [1.54, 1.807) is 0 Å². The van der Waals surface area contributed by atoms with Crippen LogP contribution in [0.25, 0.3) is 11.1 Å². The van der Waals surface area contributed by atoms with Crippen LogP contribution in [0.3, 0.4) is 0 Å². The van der Waals surface area contributed by atoms with Crippen LogP contribution in [0.15, 0.2) is 46.9 Å². The molecule has 0 fully saturated rings. The normalized spacial score (nSPS) is 10.1. The fourth-order valence-electron chi connectivity index (χ4n) is 1.58. The molecule has 1 nitrogen and oxygen atoms in total. The Labute approximate surface area is 103 Å². The third-order valence-electron chi connectivity index (χ3n) is 2.54. The van der Waals surface area contributed by atoms with Gasteiger partial charge in [-0.05, 0) is 29.7 Å². The molecule has 0 bridgehead atoms. The molecule has 0 aliphatic rings. The van der Waals surface area contributed by atoms with Gasteiger partial charge >= 0.3 is 0 Å². The first-order chi connectivity index (χ1) is 7.70. The number of aryl methyl sites for hydroxylation is 1. The maximum atomic E-state index is 10.5. The first-order valence-electron chi connectivity index (χ1n) is 5.02. The van der Waals surface area contributed by atoms with E-state index in [9.17, 15) is 4.79 Å². The molecule has 0 saturated heterocycles. The van der Waals surface area contributed by atoms with Crippen molar-refractivity contribution in [3.8, 4) is 11.1 Å². The van der Waals surface area contributed by atoms with Crippen molar-refractivity contribution in [1.29, 1.82) is 0 Å². The molecule has 2 aromatic rings. The minimum Gasteiger partial charge on any atom is -0.298 e. The van der Waals surface area contributed by atoms with E-state index in [0.29, 0.717) is 5.56 Å². The molecule has 0 aromatic heterocycles. The summed E-state index contributed by atoms with van der Waals surface area (Å²) in [5.74, 6) is 0. The first kappa shape index (κ1) is 11.1. The molecule has 0 radical (unpaired) electrons. The molecule has 0 N–H and O–H groups in total. The van der Waals surface area contributed by atoms with E-state index in [1.807, 2.05) is 30.3 Å². The minimum atomic E-state index is 0.706. The van der Waals surface area contributed by atoms with Crippen molar-refractivity contribution in [2.45, 2.75) is 6.92 Å². The van der Waals surface area contributed by atoms with Crippen LogP contribution in [0, 0.1) is 6.92 Å². The predicted molar refractivity (Wildman–Crippen MR) is 69.7 cm³/mol. The van der Waals surface area contributed by atoms with Gasteiger partial charge in [-0.25, -0.2) is 0 Å². The van der Waals surface area contributed by atoms with E-state index in [2.05, 4.69) is 35.0 Å². The molecule has 16 heavy (non-hydrogen) atoms. The lowest BCUT2D eigenvalue weighted by molar-refractivity contribution is 0.112. The van der Waals surface area contributed by atoms with Crippen molar-refractivity contribution < 1.29 is 4.79 Å². The third kappa shape index (κ3) is 2.22. The maximum absolute atomic E-state index is 10.5. The highest BCUT2D eigenvalue weighted by Gasteiger charge is 2.00. The topological polar surface area (TPSA) is 17.1 Å². The number of carbonyl (C=O) groups is 1. The summed E-state index contributed by atoms with van der Waals surface area (Å²) in [6, 6.07) is 13.8. The molecular weight excluding hydrogens is 264 g/mol. The fourth-order valence-corrected chi connectivity index (χ4v) is 1.83. The van der Waals surface area contributed by atoms with Gasteiger partial charge in [-0.1, -0.05) is 52.3 Å². The summed E-state index contributed by atoms with van der Waals surface area (Å²) in [7, 11) is 0. The highest BCUT2D eigenvalue weighted by Crippen LogP contribution is 2.25. The Hall–Kier alpha value is -1.41. The Morgan fingerprint density at radius 1 is 1.00 bits per heavy atom. The van der Waals surface area contributed by atoms with Gasteiger partial charge in [0.05, 0.1) is 0 Å². The second kappa shape index (κ2) is 4.62. The summed E-state index contributed by atoms with van der Waals surface area (Å²) in [5, 5.41) is 0. The Morgan fingerprint density at radius 3 is 2.19 bits per heavy atom. The van der Waals surface area contributed by atoms with E-state index in [1.165, 1.54) is 5.56 Å². The number of hydrogen-bond acceptors (Lipinski definition) is 1. The van der Waals surface area contributed by atoms with Gasteiger partial charge in [0.1, 0.15) is 6.29 Å². The highest BCUT2D eigenvalue weighted by molar-refractivity contribution is 9.10. The number of hydrogen-bond donors (Lipinski definition) is 0. The number of benzene rings is 2. The lowest BCUT2D eigenvalue weighted by Crippen LogP contribution is -1.83. The zero-order chi connectivity index (χ0) is 11.5. The Balaban J connectivity index is 2.42. The van der Waals surface area contributed by atoms with Gasteiger partial charge in [0.2, 0.25) is 0 Å². The van der Waals surface area contributed by atoms with E-state index in [-0.39, 0.29) is 0 Å². The van der Waals surface area contributed by atoms with Crippen LogP contribution in [-0.4, -0.2) is 6.29 Å². The van der Waals surface area contributed by atoms with Crippen LogP contribution in [0.2, 0.25) is 0 Å². The zero-order valence-corrected chi connectivity index (χ0v) is 10.5. The fraction of sp³-hybridized carbons (Fsp3) is 0.0714. The SMILES string of the molecule is Cc1cc(-c2ccc(C=O)cc2)ccc1Br. The minimum absolute atomic E-state index is 0.706. The van der Waals surface area contributed by atoms with Crippen molar-refractivity contribution in [1.82, 2.24) is 0 Å². The highest BCUT2D eigenvalue weighted by atomic mass is 79.9.